The van der Waals surface area contributed by atoms with Crippen molar-refractivity contribution in [3.8, 4) is 0 Å². The van der Waals surface area contributed by atoms with Gasteiger partial charge in [0.05, 0.1) is 13.2 Å². The monoisotopic (exact) mass is 310 g/mol. The SMILES string of the molecule is C=CC(=O)OCC(C)(C)CC(=O)CC(C)(C)COC(=O)C=C. The maximum absolute atomic E-state index is 12.2. The van der Waals surface area contributed by atoms with E-state index in [9.17, 15) is 14.4 Å². The summed E-state index contributed by atoms with van der Waals surface area (Å²) in [6.07, 6.45) is 2.73. The van der Waals surface area contributed by atoms with Gasteiger partial charge in [0, 0.05) is 35.8 Å². The zero-order valence-electron chi connectivity index (χ0n) is 13.9. The topological polar surface area (TPSA) is 69.7 Å². The van der Waals surface area contributed by atoms with Crippen molar-refractivity contribution in [1.29, 1.82) is 0 Å². The molecule has 0 aliphatic carbocycles. The fraction of sp³-hybridized carbons (Fsp3) is 0.588. The van der Waals surface area contributed by atoms with E-state index in [0.717, 1.165) is 12.2 Å². The first kappa shape index (κ1) is 20.1. The van der Waals surface area contributed by atoms with E-state index in [1.165, 1.54) is 0 Å². The summed E-state index contributed by atoms with van der Waals surface area (Å²) >= 11 is 0. The fourth-order valence-electron chi connectivity index (χ4n) is 1.88. The van der Waals surface area contributed by atoms with Crippen molar-refractivity contribution in [2.75, 3.05) is 13.2 Å². The zero-order chi connectivity index (χ0) is 17.4. The van der Waals surface area contributed by atoms with Gasteiger partial charge < -0.3 is 9.47 Å². The lowest BCUT2D eigenvalue weighted by Gasteiger charge is -2.27. The molecule has 5 nitrogen and oxygen atoms in total. The molecule has 0 aliphatic heterocycles. The molecule has 0 saturated heterocycles. The maximum atomic E-state index is 12.2. The van der Waals surface area contributed by atoms with E-state index in [-0.39, 0.29) is 31.8 Å². The van der Waals surface area contributed by atoms with Gasteiger partial charge in [-0.05, 0) is 0 Å². The summed E-state index contributed by atoms with van der Waals surface area (Å²) in [5, 5.41) is 0. The van der Waals surface area contributed by atoms with E-state index in [4.69, 9.17) is 9.47 Å². The molecule has 0 spiro atoms. The van der Waals surface area contributed by atoms with Gasteiger partial charge in [-0.25, -0.2) is 9.59 Å². The van der Waals surface area contributed by atoms with Crippen molar-refractivity contribution in [2.45, 2.75) is 40.5 Å². The van der Waals surface area contributed by atoms with Gasteiger partial charge in [0.25, 0.3) is 0 Å². The van der Waals surface area contributed by atoms with E-state index in [2.05, 4.69) is 13.2 Å². The molecule has 0 radical (unpaired) electrons. The molecule has 0 aliphatic rings. The molecule has 0 aromatic carbocycles. The molecule has 0 aromatic heterocycles. The smallest absolute Gasteiger partial charge is 0.330 e. The predicted molar refractivity (Wildman–Crippen MR) is 84.1 cm³/mol. The van der Waals surface area contributed by atoms with Crippen molar-refractivity contribution in [3.05, 3.63) is 25.3 Å². The summed E-state index contributed by atoms with van der Waals surface area (Å²) in [6.45, 7) is 14.4. The molecule has 0 amide bonds. The van der Waals surface area contributed by atoms with Gasteiger partial charge in [-0.1, -0.05) is 40.9 Å². The summed E-state index contributed by atoms with van der Waals surface area (Å²) in [4.78, 5) is 34.3. The van der Waals surface area contributed by atoms with Crippen LogP contribution in [0.1, 0.15) is 40.5 Å². The summed E-state index contributed by atoms with van der Waals surface area (Å²) in [6, 6.07) is 0. The number of rotatable bonds is 10. The van der Waals surface area contributed by atoms with Gasteiger partial charge in [-0.3, -0.25) is 4.79 Å². The molecule has 124 valence electrons. The van der Waals surface area contributed by atoms with Crippen molar-refractivity contribution in [1.82, 2.24) is 0 Å². The summed E-state index contributed by atoms with van der Waals surface area (Å²) < 4.78 is 9.98. The number of hydrogen-bond acceptors (Lipinski definition) is 5. The van der Waals surface area contributed by atoms with Crippen LogP contribution >= 0.6 is 0 Å². The highest BCUT2D eigenvalue weighted by atomic mass is 16.5. The summed E-state index contributed by atoms with van der Waals surface area (Å²) in [7, 11) is 0. The number of carbonyl (C=O) groups is 3. The van der Waals surface area contributed by atoms with Crippen LogP contribution in [0.4, 0.5) is 0 Å². The normalized spacial score (nSPS) is 11.5. The van der Waals surface area contributed by atoms with Crippen LogP contribution in [0.25, 0.3) is 0 Å². The molecular weight excluding hydrogens is 284 g/mol. The van der Waals surface area contributed by atoms with Crippen molar-refractivity contribution >= 4 is 17.7 Å². The van der Waals surface area contributed by atoms with E-state index < -0.39 is 22.8 Å². The van der Waals surface area contributed by atoms with Gasteiger partial charge in [0.2, 0.25) is 0 Å². The first-order valence-electron chi connectivity index (χ1n) is 7.11. The van der Waals surface area contributed by atoms with Crippen molar-refractivity contribution in [3.63, 3.8) is 0 Å². The third-order valence-electron chi connectivity index (χ3n) is 2.90. The molecule has 0 fully saturated rings. The average Bonchev–Trinajstić information content (AvgIpc) is 2.40. The molecule has 0 heterocycles. The van der Waals surface area contributed by atoms with Crippen LogP contribution in [-0.4, -0.2) is 30.9 Å². The summed E-state index contributed by atoms with van der Waals surface area (Å²) in [5.74, 6) is -0.978. The number of Topliss-reactive ketones (excluding diaryl/α,β-unsaturated/α-hetero) is 1. The van der Waals surface area contributed by atoms with Crippen LogP contribution in [-0.2, 0) is 23.9 Å². The number of ether oxygens (including phenoxy) is 2. The van der Waals surface area contributed by atoms with Crippen LogP contribution < -0.4 is 0 Å². The van der Waals surface area contributed by atoms with Crippen LogP contribution in [0.3, 0.4) is 0 Å². The van der Waals surface area contributed by atoms with Crippen LogP contribution in [0.5, 0.6) is 0 Å². The van der Waals surface area contributed by atoms with E-state index in [1.807, 2.05) is 27.7 Å². The summed E-state index contributed by atoms with van der Waals surface area (Å²) in [5.41, 5.74) is -0.909. The highest BCUT2D eigenvalue weighted by Gasteiger charge is 2.29. The van der Waals surface area contributed by atoms with Gasteiger partial charge in [-0.15, -0.1) is 0 Å². The molecule has 0 bridgehead atoms. The third kappa shape index (κ3) is 9.10. The average molecular weight is 310 g/mol. The van der Waals surface area contributed by atoms with E-state index >= 15 is 0 Å². The molecule has 0 atom stereocenters. The van der Waals surface area contributed by atoms with Gasteiger partial charge in [-0.2, -0.15) is 0 Å². The minimum atomic E-state index is -0.503. The molecule has 0 rings (SSSR count). The minimum Gasteiger partial charge on any atom is -0.462 e. The Morgan fingerprint density at radius 2 is 1.14 bits per heavy atom. The number of ketones is 1. The third-order valence-corrected chi connectivity index (χ3v) is 2.90. The predicted octanol–water partition coefficient (Wildman–Crippen LogP) is 2.85. The van der Waals surface area contributed by atoms with E-state index in [1.54, 1.807) is 0 Å². The second kappa shape index (κ2) is 8.51. The molecular formula is C17H26O5. The first-order chi connectivity index (χ1) is 10.0. The Labute approximate surface area is 132 Å². The Morgan fingerprint density at radius 3 is 1.41 bits per heavy atom. The molecule has 0 unspecified atom stereocenters. The Balaban J connectivity index is 4.40. The molecule has 0 aromatic rings. The van der Waals surface area contributed by atoms with Crippen LogP contribution in [0, 0.1) is 10.8 Å². The standard InChI is InChI=1S/C17H26O5/c1-7-14(19)21-11-16(3,4)9-13(18)10-17(5,6)12-22-15(20)8-2/h7-8H,1-2,9-12H2,3-6H3. The van der Waals surface area contributed by atoms with Gasteiger partial charge in [0.1, 0.15) is 5.78 Å². The van der Waals surface area contributed by atoms with Crippen molar-refractivity contribution < 1.29 is 23.9 Å². The number of carbonyl (C=O) groups excluding carboxylic acids is 3. The first-order valence-corrected chi connectivity index (χ1v) is 7.11. The Bertz CT molecular complexity index is 406. The Morgan fingerprint density at radius 1 is 0.818 bits per heavy atom. The largest absolute Gasteiger partial charge is 0.462 e. The lowest BCUT2D eigenvalue weighted by Crippen LogP contribution is -2.29. The zero-order valence-corrected chi connectivity index (χ0v) is 13.9. The van der Waals surface area contributed by atoms with Gasteiger partial charge >= 0.3 is 11.9 Å². The maximum Gasteiger partial charge on any atom is 0.330 e. The Hall–Kier alpha value is -1.91. The highest BCUT2D eigenvalue weighted by Crippen LogP contribution is 2.27. The lowest BCUT2D eigenvalue weighted by molar-refractivity contribution is -0.143. The quantitative estimate of drug-likeness (QED) is 0.458. The van der Waals surface area contributed by atoms with Crippen molar-refractivity contribution in [2.24, 2.45) is 10.8 Å². The van der Waals surface area contributed by atoms with E-state index in [0.29, 0.717) is 0 Å². The number of hydrogen-bond donors (Lipinski definition) is 0. The second-order valence-corrected chi connectivity index (χ2v) is 6.84. The second-order valence-electron chi connectivity index (χ2n) is 6.84. The molecule has 22 heavy (non-hydrogen) atoms. The fourth-order valence-corrected chi connectivity index (χ4v) is 1.88. The lowest BCUT2D eigenvalue weighted by atomic mass is 9.81. The number of esters is 2. The molecule has 0 saturated carbocycles. The Kier molecular flexibility index (Phi) is 7.77. The van der Waals surface area contributed by atoms with Gasteiger partial charge in [0.15, 0.2) is 0 Å². The van der Waals surface area contributed by atoms with Crippen LogP contribution in [0.15, 0.2) is 25.3 Å². The van der Waals surface area contributed by atoms with Crippen LogP contribution in [0.2, 0.25) is 0 Å². The minimum absolute atomic E-state index is 0.0271. The molecule has 5 heteroatoms. The molecule has 0 N–H and O–H groups in total. The highest BCUT2D eigenvalue weighted by molar-refractivity contribution is 5.82.